The summed E-state index contributed by atoms with van der Waals surface area (Å²) in [5.74, 6) is 1.57. The fourth-order valence-electron chi connectivity index (χ4n) is 16.2. The van der Waals surface area contributed by atoms with Crippen molar-refractivity contribution in [3.8, 4) is 84.2 Å². The molecule has 129 heavy (non-hydrogen) atoms. The minimum Gasteiger partial charge on any atom is -0.510 e. The first-order chi connectivity index (χ1) is 61.4. The number of rotatable bonds is 10. The molecule has 14 aromatic carbocycles. The van der Waals surface area contributed by atoms with Gasteiger partial charge in [-0.15, -0.1) is 124 Å². The second-order valence-corrected chi connectivity index (χ2v) is 36.1. The summed E-state index contributed by atoms with van der Waals surface area (Å²) in [7, 11) is 1.64. The molecule has 0 saturated carbocycles. The van der Waals surface area contributed by atoms with Gasteiger partial charge in [-0.05, 0) is 126 Å². The second kappa shape index (κ2) is 39.6. The van der Waals surface area contributed by atoms with Crippen molar-refractivity contribution >= 4 is 83.1 Å². The number of hydrogen-bond acceptors (Lipinski definition) is 13. The third-order valence-corrected chi connectivity index (χ3v) is 27.2. The van der Waals surface area contributed by atoms with Crippen molar-refractivity contribution in [1.82, 2.24) is 38.7 Å². The van der Waals surface area contributed by atoms with Crippen LogP contribution in [0.4, 0.5) is 28.4 Å². The van der Waals surface area contributed by atoms with Crippen LogP contribution in [-0.2, 0) is 85.4 Å². The van der Waals surface area contributed by atoms with Gasteiger partial charge < -0.3 is 47.5 Å². The number of para-hydroxylation sites is 4. The van der Waals surface area contributed by atoms with Gasteiger partial charge in [0.05, 0.1) is 28.1 Å². The molecule has 0 radical (unpaired) electrons. The Morgan fingerprint density at radius 1 is 0.411 bits per heavy atom. The summed E-state index contributed by atoms with van der Waals surface area (Å²) in [6.45, 7) is 12.9. The molecule has 4 aromatic heterocycles. The Kier molecular flexibility index (Phi) is 27.8. The fraction of sp³-hybridized carbons (Fsp3) is 0.0741. The molecule has 5 aliphatic heterocycles. The van der Waals surface area contributed by atoms with Gasteiger partial charge in [0.1, 0.15) is 5.89 Å². The largest absolute Gasteiger partial charge is 3.00 e. The molecule has 0 aliphatic carbocycles. The fourth-order valence-corrected chi connectivity index (χ4v) is 21.0. The summed E-state index contributed by atoms with van der Waals surface area (Å²) in [4.78, 5) is 21.3. The summed E-state index contributed by atoms with van der Waals surface area (Å²) in [6.07, 6.45) is 18.5. The van der Waals surface area contributed by atoms with Crippen LogP contribution in [0.1, 0.15) is 20.8 Å². The Hall–Kier alpha value is -13.2. The Bertz CT molecular complexity index is 7050. The molecule has 0 fully saturated rings. The predicted octanol–water partition coefficient (Wildman–Crippen LogP) is 22.8. The van der Waals surface area contributed by atoms with E-state index in [2.05, 4.69) is 222 Å². The van der Waals surface area contributed by atoms with E-state index in [1.807, 2.05) is 272 Å². The van der Waals surface area contributed by atoms with Crippen molar-refractivity contribution in [1.29, 1.82) is 0 Å². The molecule has 23 rings (SSSR count). The van der Waals surface area contributed by atoms with E-state index in [-0.39, 0.29) is 64.0 Å². The maximum Gasteiger partial charge on any atom is 3.00 e. The maximum absolute atomic E-state index is 14.7. The van der Waals surface area contributed by atoms with Gasteiger partial charge in [-0.1, -0.05) is 168 Å². The summed E-state index contributed by atoms with van der Waals surface area (Å²) >= 11 is 0. The van der Waals surface area contributed by atoms with E-state index in [0.717, 1.165) is 100 Å². The minimum absolute atomic E-state index is 0. The van der Waals surface area contributed by atoms with Crippen LogP contribution in [0.15, 0.2) is 392 Å². The van der Waals surface area contributed by atoms with E-state index in [1.165, 1.54) is 44.3 Å². The van der Waals surface area contributed by atoms with Crippen molar-refractivity contribution in [2.45, 2.75) is 36.1 Å². The Morgan fingerprint density at radius 3 is 1.54 bits per heavy atom. The molecule has 9 heterocycles. The Morgan fingerprint density at radius 2 is 0.953 bits per heavy atom. The van der Waals surface area contributed by atoms with Crippen LogP contribution in [0, 0.1) is 56.4 Å². The van der Waals surface area contributed by atoms with Crippen molar-refractivity contribution in [2.24, 2.45) is 7.05 Å². The summed E-state index contributed by atoms with van der Waals surface area (Å²) in [5, 5.41) is 9.41. The number of anilines is 5. The zero-order valence-corrected chi connectivity index (χ0v) is 78.0. The number of benzene rings is 14. The van der Waals surface area contributed by atoms with Crippen LogP contribution in [0.25, 0.3) is 106 Å². The third kappa shape index (κ3) is 18.9. The zero-order valence-electron chi connectivity index (χ0n) is 71.4. The van der Waals surface area contributed by atoms with Crippen molar-refractivity contribution in [3.05, 3.63) is 434 Å². The van der Waals surface area contributed by atoms with Crippen LogP contribution in [0.2, 0.25) is 0 Å². The topological polar surface area (TPSA) is 137 Å². The molecule has 0 saturated heterocycles. The number of sulfone groups is 1. The van der Waals surface area contributed by atoms with Crippen molar-refractivity contribution < 1.29 is 75.8 Å². The first-order valence-corrected chi connectivity index (χ1v) is 44.4. The van der Waals surface area contributed by atoms with Gasteiger partial charge in [0.25, 0.3) is 0 Å². The molecule has 0 bridgehead atoms. The van der Waals surface area contributed by atoms with Crippen LogP contribution in [-0.4, -0.2) is 68.2 Å². The van der Waals surface area contributed by atoms with E-state index in [1.54, 1.807) is 47.7 Å². The molecular formula is C108H86N12O4PRh3S. The van der Waals surface area contributed by atoms with E-state index < -0.39 is 17.0 Å². The number of imidazole rings is 1. The molecule has 640 valence electrons. The second-order valence-electron chi connectivity index (χ2n) is 31.6. The van der Waals surface area contributed by atoms with Crippen LogP contribution in [0.3, 0.4) is 0 Å². The molecule has 0 amide bonds. The quantitative estimate of drug-likeness (QED) is 0.0730. The first-order valence-electron chi connectivity index (χ1n) is 41.2. The number of hydrogen-bond donors (Lipinski definition) is 0. The summed E-state index contributed by atoms with van der Waals surface area (Å²) in [5.41, 5.74) is 20.8. The van der Waals surface area contributed by atoms with E-state index >= 15 is 0 Å². The first kappa shape index (κ1) is 90.6. The normalized spacial score (nSPS) is 14.2. The molecule has 21 heteroatoms. The third-order valence-electron chi connectivity index (χ3n) is 22.2. The number of oxazole rings is 1. The van der Waals surface area contributed by atoms with Gasteiger partial charge in [-0.3, -0.25) is 14.6 Å². The molecule has 0 N–H and O–H groups in total. The average molecular weight is 1990 g/mol. The molecule has 1 unspecified atom stereocenters. The smallest absolute Gasteiger partial charge is 0.510 e. The molecule has 18 aromatic rings. The van der Waals surface area contributed by atoms with Crippen molar-refractivity contribution in [3.63, 3.8) is 0 Å². The standard InChI is InChI=1S/C30H27N3.C28H21N2OP.C22H16N2O2S.C10H9N2.C9H7N2.C9H6NO.3Rh/c1-30(2,3)33-26-10-6-5-9-24(26)25-18-15-22(19-29(25)33)21-13-16-23(17-14-21)32-20-31(4)27-11-7-8-12-28(27)32;1-29-17-18-30(20-29)23-14-11-21(12-15-23)22-13-16-26-25-9-5-6-10-27(25)32(31,28(26)19-22)24-7-3-2-4-8-24;1-23-12-13-24(15-23)18-9-6-16(7-10-18)17-8-11-20-19-4-2-3-5-21(19)27(25,26)22(20)14-17;1-12-8-7-11-10(12)9-5-3-2-4-6-9;1-2-5-9(6-3-1)11-8-4-7-10-11;1-2-4-8(5-3-1)9-10-6-7-11-9;;;/h5-16,18-20H,1-4H3;2-14,16-20H,1H3;2-9,11-15H,1H3;2-5,7-8H,1H3;1-5,7-8H;1-4,6-7H;;;/q3*-2;3*-1;3*+3. The molecule has 16 nitrogen and oxygen atoms in total. The number of aromatic nitrogens is 6. The monoisotopic (exact) mass is 1990 g/mol. The Balaban J connectivity index is 0.000000125. The van der Waals surface area contributed by atoms with Gasteiger partial charge in [-0.2, -0.15) is 104 Å². The van der Waals surface area contributed by atoms with Crippen LogP contribution < -0.4 is 35.5 Å². The van der Waals surface area contributed by atoms with E-state index in [9.17, 15) is 13.0 Å². The van der Waals surface area contributed by atoms with Gasteiger partial charge in [-0.25, -0.2) is 8.42 Å². The van der Waals surface area contributed by atoms with Gasteiger partial charge in [0, 0.05) is 97.6 Å². The van der Waals surface area contributed by atoms with E-state index in [0.29, 0.717) is 15.7 Å². The number of aryl methyl sites for hydroxylation is 1. The predicted molar refractivity (Wildman–Crippen MR) is 509 cm³/mol. The summed E-state index contributed by atoms with van der Waals surface area (Å²) < 4.78 is 51.7. The molecule has 5 aliphatic rings. The molecular weight excluding hydrogens is 1900 g/mol. The maximum atomic E-state index is 14.7. The summed E-state index contributed by atoms with van der Waals surface area (Å²) in [6, 6.07) is 124. The van der Waals surface area contributed by atoms with Gasteiger partial charge >= 0.3 is 58.4 Å². The SMILES string of the molecule is CN1C=CN(c2[c-]cc(-c3ccc4c(c3)P(=O)(c3ccccc3)c3ccccc3-4)cc2)[CH-]1.CN1C=CN(c2[c-]cc(-c3ccc4c(c3)S(=O)(=O)c3ccccc3-4)cc2)[CH-]1.CN1[CH-]N(c2[c-]cc(-c3ccc4c5ccccc5n(C(C)(C)C)c4c3)cc2)c2ccccc21.Cn1ccnc1-c1[c-]cccc1.[Rh+3].[Rh+3].[Rh+3].[c-]1ccccc1-c1ncco1.[c-]1ccccc1-n1cccn1. The van der Waals surface area contributed by atoms with Crippen molar-refractivity contribution in [2.75, 3.05) is 40.7 Å². The number of nitrogens with zero attached hydrogens (tertiary/aromatic N) is 12. The molecule has 0 spiro atoms. The van der Waals surface area contributed by atoms with Gasteiger partial charge in [0.15, 0.2) is 7.14 Å². The minimum atomic E-state index is -3.46. The van der Waals surface area contributed by atoms with Crippen LogP contribution >= 0.6 is 7.14 Å². The average Bonchev–Trinajstić information content (AvgIpc) is 1.57. The zero-order chi connectivity index (χ0) is 86.5. The van der Waals surface area contributed by atoms with E-state index in [4.69, 9.17) is 4.42 Å². The van der Waals surface area contributed by atoms with Gasteiger partial charge in [0.2, 0.25) is 9.84 Å². The Labute approximate surface area is 793 Å². The van der Waals surface area contributed by atoms with Crippen LogP contribution in [0.5, 0.6) is 0 Å². The number of fused-ring (bicyclic) bond motifs is 10. The molecule has 1 atom stereocenters.